The maximum Gasteiger partial charge on any atom is 0.246 e. The molecule has 0 spiro atoms. The molecule has 1 aromatic rings. The van der Waals surface area contributed by atoms with Crippen molar-refractivity contribution in [3.05, 3.63) is 35.4 Å². The Labute approximate surface area is 222 Å². The van der Waals surface area contributed by atoms with E-state index in [9.17, 15) is 14.4 Å². The standard InChI is InChI=1S/C29H46N4O4/c1-7-8-11-17-37-23-18-20-13-9-10-14-21(20)24(23)31-27(35)22-15-12-16-33(22)28(36)25(29(3,4)5)32-26(34)19(2)30-6/h9-10,13-14,19,22-25,30H,7-8,11-12,15-18H2,1-6H3,(H,31,35)(H,32,34)/t19-,22-,23+,24?,25+/m0/s1. The van der Waals surface area contributed by atoms with Crippen molar-refractivity contribution >= 4 is 17.7 Å². The minimum atomic E-state index is -0.731. The van der Waals surface area contributed by atoms with E-state index < -0.39 is 23.5 Å². The summed E-state index contributed by atoms with van der Waals surface area (Å²) in [6.07, 6.45) is 5.25. The van der Waals surface area contributed by atoms with Crippen LogP contribution in [0.15, 0.2) is 24.3 Å². The lowest BCUT2D eigenvalue weighted by Gasteiger charge is -2.36. The molecule has 1 fully saturated rings. The van der Waals surface area contributed by atoms with Crippen LogP contribution >= 0.6 is 0 Å². The predicted molar refractivity (Wildman–Crippen MR) is 145 cm³/mol. The van der Waals surface area contributed by atoms with Gasteiger partial charge in [-0.3, -0.25) is 14.4 Å². The maximum absolute atomic E-state index is 13.7. The third-order valence-electron chi connectivity index (χ3n) is 7.63. The number of hydrogen-bond acceptors (Lipinski definition) is 5. The first kappa shape index (κ1) is 29.1. The monoisotopic (exact) mass is 514 g/mol. The molecule has 1 aliphatic carbocycles. The fraction of sp³-hybridized carbons (Fsp3) is 0.690. The van der Waals surface area contributed by atoms with Gasteiger partial charge in [0, 0.05) is 19.6 Å². The lowest BCUT2D eigenvalue weighted by atomic mass is 9.85. The average molecular weight is 515 g/mol. The van der Waals surface area contributed by atoms with Crippen LogP contribution < -0.4 is 16.0 Å². The van der Waals surface area contributed by atoms with Crippen LogP contribution in [0.2, 0.25) is 0 Å². The average Bonchev–Trinajstić information content (AvgIpc) is 3.49. The summed E-state index contributed by atoms with van der Waals surface area (Å²) in [5.41, 5.74) is 1.78. The van der Waals surface area contributed by atoms with Gasteiger partial charge in [0.2, 0.25) is 17.7 Å². The summed E-state index contributed by atoms with van der Waals surface area (Å²) < 4.78 is 6.25. The van der Waals surface area contributed by atoms with Gasteiger partial charge < -0.3 is 25.6 Å². The Morgan fingerprint density at radius 2 is 1.89 bits per heavy atom. The number of nitrogens with zero attached hydrogens (tertiary/aromatic N) is 1. The van der Waals surface area contributed by atoms with E-state index >= 15 is 0 Å². The van der Waals surface area contributed by atoms with E-state index in [1.54, 1.807) is 18.9 Å². The van der Waals surface area contributed by atoms with Crippen LogP contribution in [0.1, 0.15) is 83.9 Å². The first-order valence-corrected chi connectivity index (χ1v) is 13.9. The van der Waals surface area contributed by atoms with Crippen molar-refractivity contribution in [3.8, 4) is 0 Å². The summed E-state index contributed by atoms with van der Waals surface area (Å²) in [4.78, 5) is 41.7. The lowest BCUT2D eigenvalue weighted by molar-refractivity contribution is -0.144. The second-order valence-corrected chi connectivity index (χ2v) is 11.5. The van der Waals surface area contributed by atoms with Gasteiger partial charge in [-0.15, -0.1) is 0 Å². The van der Waals surface area contributed by atoms with E-state index in [1.165, 1.54) is 5.56 Å². The number of fused-ring (bicyclic) bond motifs is 1. The van der Waals surface area contributed by atoms with E-state index in [1.807, 2.05) is 32.9 Å². The molecule has 37 heavy (non-hydrogen) atoms. The van der Waals surface area contributed by atoms with E-state index in [4.69, 9.17) is 4.74 Å². The van der Waals surface area contributed by atoms with E-state index in [0.29, 0.717) is 19.6 Å². The van der Waals surface area contributed by atoms with Gasteiger partial charge in [-0.1, -0.05) is 64.8 Å². The molecule has 8 heteroatoms. The van der Waals surface area contributed by atoms with Gasteiger partial charge in [0.1, 0.15) is 12.1 Å². The number of carbonyl (C=O) groups excluding carboxylic acids is 3. The molecule has 8 nitrogen and oxygen atoms in total. The highest BCUT2D eigenvalue weighted by Gasteiger charge is 2.43. The fourth-order valence-electron chi connectivity index (χ4n) is 5.24. The first-order chi connectivity index (χ1) is 17.6. The molecule has 1 aliphatic heterocycles. The number of carbonyl (C=O) groups is 3. The van der Waals surface area contributed by atoms with E-state index in [0.717, 1.165) is 37.7 Å². The quantitative estimate of drug-likeness (QED) is 0.394. The van der Waals surface area contributed by atoms with Gasteiger partial charge >= 0.3 is 0 Å². The Bertz CT molecular complexity index is 944. The number of amides is 3. The second-order valence-electron chi connectivity index (χ2n) is 11.5. The minimum absolute atomic E-state index is 0.117. The van der Waals surface area contributed by atoms with Gasteiger partial charge in [-0.05, 0) is 49.8 Å². The van der Waals surface area contributed by atoms with E-state index in [2.05, 4.69) is 35.0 Å². The van der Waals surface area contributed by atoms with Crippen LogP contribution in [0.4, 0.5) is 0 Å². The largest absolute Gasteiger partial charge is 0.375 e. The van der Waals surface area contributed by atoms with Gasteiger partial charge in [0.15, 0.2) is 0 Å². The molecule has 0 saturated carbocycles. The van der Waals surface area contributed by atoms with Crippen molar-refractivity contribution < 1.29 is 19.1 Å². The normalized spacial score (nSPS) is 22.9. The van der Waals surface area contributed by atoms with E-state index in [-0.39, 0.29) is 29.9 Å². The summed E-state index contributed by atoms with van der Waals surface area (Å²) in [5, 5.41) is 9.09. The molecule has 1 heterocycles. The van der Waals surface area contributed by atoms with Crippen molar-refractivity contribution in [1.82, 2.24) is 20.9 Å². The molecule has 3 rings (SSSR count). The zero-order valence-corrected chi connectivity index (χ0v) is 23.4. The number of likely N-dealkylation sites (tertiary alicyclic amines) is 1. The summed E-state index contributed by atoms with van der Waals surface area (Å²) in [5.74, 6) is -0.597. The SMILES string of the molecule is CCCCCO[C@@H]1Cc2ccccc2C1NC(=O)[C@@H]1CCCN1C(=O)[C@@H](NC(=O)[C@H](C)NC)C(C)(C)C. The number of ether oxygens (including phenoxy) is 1. The predicted octanol–water partition coefficient (Wildman–Crippen LogP) is 3.11. The Morgan fingerprint density at radius 3 is 2.57 bits per heavy atom. The number of unbranched alkanes of at least 4 members (excludes halogenated alkanes) is 2. The van der Waals surface area contributed by atoms with Gasteiger partial charge in [-0.2, -0.15) is 0 Å². The van der Waals surface area contributed by atoms with Crippen molar-refractivity contribution in [2.75, 3.05) is 20.2 Å². The Balaban J connectivity index is 1.74. The third-order valence-corrected chi connectivity index (χ3v) is 7.63. The van der Waals surface area contributed by atoms with Crippen LogP contribution in [0.25, 0.3) is 0 Å². The number of benzene rings is 1. The lowest BCUT2D eigenvalue weighted by Crippen LogP contribution is -2.59. The zero-order chi connectivity index (χ0) is 27.2. The fourth-order valence-corrected chi connectivity index (χ4v) is 5.24. The van der Waals surface area contributed by atoms with Crippen LogP contribution in [0.5, 0.6) is 0 Å². The number of likely N-dealkylation sites (N-methyl/N-ethyl adjacent to an activating group) is 1. The molecule has 206 valence electrons. The van der Waals surface area contributed by atoms with Crippen LogP contribution in [-0.4, -0.2) is 67.1 Å². The highest BCUT2D eigenvalue weighted by molar-refractivity contribution is 5.94. The molecular formula is C29H46N4O4. The molecule has 1 aromatic carbocycles. The molecule has 0 radical (unpaired) electrons. The molecule has 1 saturated heterocycles. The summed E-state index contributed by atoms with van der Waals surface area (Å²) in [6, 6.07) is 6.20. The summed E-state index contributed by atoms with van der Waals surface area (Å²) in [7, 11) is 1.71. The molecule has 0 aromatic heterocycles. The Hall–Kier alpha value is -2.45. The molecular weight excluding hydrogens is 468 g/mol. The zero-order valence-electron chi connectivity index (χ0n) is 23.4. The van der Waals surface area contributed by atoms with Crippen LogP contribution in [0, 0.1) is 5.41 Å². The summed E-state index contributed by atoms with van der Waals surface area (Å²) in [6.45, 7) is 10.9. The second kappa shape index (κ2) is 12.9. The topological polar surface area (TPSA) is 99.8 Å². The van der Waals surface area contributed by atoms with Crippen LogP contribution in [0.3, 0.4) is 0 Å². The molecule has 3 amide bonds. The number of rotatable bonds is 11. The van der Waals surface area contributed by atoms with Gasteiger partial charge in [-0.25, -0.2) is 0 Å². The van der Waals surface area contributed by atoms with Crippen molar-refractivity contribution in [2.24, 2.45) is 5.41 Å². The molecule has 5 atom stereocenters. The smallest absolute Gasteiger partial charge is 0.246 e. The number of nitrogens with one attached hydrogen (secondary N) is 3. The molecule has 2 aliphatic rings. The van der Waals surface area contributed by atoms with Crippen molar-refractivity contribution in [1.29, 1.82) is 0 Å². The number of hydrogen-bond donors (Lipinski definition) is 3. The van der Waals surface area contributed by atoms with Crippen molar-refractivity contribution in [2.45, 2.75) is 103 Å². The highest BCUT2D eigenvalue weighted by atomic mass is 16.5. The van der Waals surface area contributed by atoms with Crippen molar-refractivity contribution in [3.63, 3.8) is 0 Å². The third kappa shape index (κ3) is 7.11. The first-order valence-electron chi connectivity index (χ1n) is 13.9. The highest BCUT2D eigenvalue weighted by Crippen LogP contribution is 2.34. The summed E-state index contributed by atoms with van der Waals surface area (Å²) >= 11 is 0. The minimum Gasteiger partial charge on any atom is -0.375 e. The van der Waals surface area contributed by atoms with Crippen LogP contribution in [-0.2, 0) is 25.5 Å². The maximum atomic E-state index is 13.7. The molecule has 1 unspecified atom stereocenters. The van der Waals surface area contributed by atoms with Gasteiger partial charge in [0.05, 0.1) is 18.2 Å². The molecule has 3 N–H and O–H groups in total. The Morgan fingerprint density at radius 1 is 1.16 bits per heavy atom. The molecule has 0 bridgehead atoms. The Kier molecular flexibility index (Phi) is 10.1. The van der Waals surface area contributed by atoms with Gasteiger partial charge in [0.25, 0.3) is 0 Å².